The van der Waals surface area contributed by atoms with E-state index in [0.29, 0.717) is 25.3 Å². The van der Waals surface area contributed by atoms with Gasteiger partial charge in [0.15, 0.2) is 11.6 Å². The Hall–Kier alpha value is -3.50. The zero-order valence-electron chi connectivity index (χ0n) is 19.6. The summed E-state index contributed by atoms with van der Waals surface area (Å²) in [7, 11) is 1.86. The van der Waals surface area contributed by atoms with Gasteiger partial charge in [-0.25, -0.2) is 18.7 Å². The van der Waals surface area contributed by atoms with Gasteiger partial charge in [0.2, 0.25) is 0 Å². The first kappa shape index (κ1) is 24.2. The van der Waals surface area contributed by atoms with Crippen LogP contribution in [-0.4, -0.2) is 32.0 Å². The molecule has 5 rings (SSSR count). The zero-order chi connectivity index (χ0) is 24.9. The van der Waals surface area contributed by atoms with Gasteiger partial charge in [0.25, 0.3) is 0 Å². The molecule has 0 bridgehead atoms. The van der Waals surface area contributed by atoms with Gasteiger partial charge in [-0.05, 0) is 42.1 Å². The third kappa shape index (κ3) is 5.66. The maximum Gasteiger partial charge on any atom is 0.166 e. The molecule has 2 aromatic heterocycles. The first-order valence-corrected chi connectivity index (χ1v) is 12.4. The smallest absolute Gasteiger partial charge is 0.166 e. The maximum atomic E-state index is 15.0. The number of rotatable bonds is 9. The van der Waals surface area contributed by atoms with Crippen molar-refractivity contribution < 1.29 is 18.3 Å². The molecular formula is C26H25F2N5O2S. The molecule has 0 amide bonds. The molecule has 3 atom stereocenters. The second-order valence-corrected chi connectivity index (χ2v) is 9.39. The molecule has 186 valence electrons. The van der Waals surface area contributed by atoms with E-state index >= 15 is 4.39 Å². The summed E-state index contributed by atoms with van der Waals surface area (Å²) in [4.78, 5) is 7.93. The van der Waals surface area contributed by atoms with E-state index in [9.17, 15) is 4.39 Å². The number of aryl methyl sites for hydroxylation is 1. The van der Waals surface area contributed by atoms with E-state index in [1.165, 1.54) is 6.33 Å². The Morgan fingerprint density at radius 2 is 1.92 bits per heavy atom. The van der Waals surface area contributed by atoms with E-state index in [1.807, 2.05) is 43.4 Å². The fraction of sp³-hybridized carbons (Fsp3) is 0.269. The van der Waals surface area contributed by atoms with Crippen LogP contribution >= 0.6 is 11.9 Å². The average molecular weight is 510 g/mol. The predicted molar refractivity (Wildman–Crippen MR) is 132 cm³/mol. The lowest BCUT2D eigenvalue weighted by Crippen LogP contribution is -2.22. The van der Waals surface area contributed by atoms with Gasteiger partial charge in [-0.15, -0.1) is 0 Å². The van der Waals surface area contributed by atoms with Crippen molar-refractivity contribution in [1.29, 1.82) is 0 Å². The summed E-state index contributed by atoms with van der Waals surface area (Å²) in [6.07, 6.45) is 5.41. The summed E-state index contributed by atoms with van der Waals surface area (Å²) in [6, 6.07) is 15.7. The normalized spacial score (nSPS) is 19.4. The molecule has 2 aromatic carbocycles. The van der Waals surface area contributed by atoms with E-state index in [1.54, 1.807) is 23.1 Å². The lowest BCUT2D eigenvalue weighted by molar-refractivity contribution is 0.0375. The number of nitrogens with one attached hydrogen (secondary N) is 1. The van der Waals surface area contributed by atoms with Crippen LogP contribution in [0.4, 0.5) is 14.6 Å². The van der Waals surface area contributed by atoms with Gasteiger partial charge >= 0.3 is 0 Å². The lowest BCUT2D eigenvalue weighted by atomic mass is 10.0. The number of hydrogen-bond donors (Lipinski definition) is 1. The van der Waals surface area contributed by atoms with Crippen LogP contribution in [0.3, 0.4) is 0 Å². The minimum Gasteiger partial charge on any atom is -0.486 e. The predicted octanol–water partition coefficient (Wildman–Crippen LogP) is 5.52. The van der Waals surface area contributed by atoms with Crippen molar-refractivity contribution in [2.24, 2.45) is 7.05 Å². The highest BCUT2D eigenvalue weighted by molar-refractivity contribution is 8.00. The highest BCUT2D eigenvalue weighted by atomic mass is 32.2. The average Bonchev–Trinajstić information content (AvgIpc) is 3.50. The standard InChI is InChI=1S/C26H25F2N5O2S/c1-33-22(7-10-31-33)19-11-18(34-15-17-5-3-2-4-6-17)12-23(19)35-24-13-21(28)25(14-20(24)27)36-32-26-8-9-29-16-30-26/h2-10,13-14,16,18-19,23H,11-12,15H2,1H3,(H,29,30,32)/t18-,19?,23-/m0/s1. The first-order chi connectivity index (χ1) is 17.6. The van der Waals surface area contributed by atoms with Crippen molar-refractivity contribution in [2.75, 3.05) is 4.72 Å². The quantitative estimate of drug-likeness (QED) is 0.298. The van der Waals surface area contributed by atoms with Crippen molar-refractivity contribution in [3.8, 4) is 5.75 Å². The summed E-state index contributed by atoms with van der Waals surface area (Å²) in [6.45, 7) is 0.477. The highest BCUT2D eigenvalue weighted by Gasteiger charge is 2.39. The van der Waals surface area contributed by atoms with Crippen molar-refractivity contribution >= 4 is 17.8 Å². The highest BCUT2D eigenvalue weighted by Crippen LogP contribution is 2.40. The Bertz CT molecular complexity index is 1290. The SMILES string of the molecule is Cn1nccc1C1C[C@H](OCc2ccccc2)C[C@@H]1Oc1cc(F)c(SNc2ccncn2)cc1F. The van der Waals surface area contributed by atoms with Crippen LogP contribution in [0, 0.1) is 11.6 Å². The van der Waals surface area contributed by atoms with Gasteiger partial charge in [-0.1, -0.05) is 30.3 Å². The molecule has 36 heavy (non-hydrogen) atoms. The van der Waals surface area contributed by atoms with Crippen LogP contribution in [0.5, 0.6) is 5.75 Å². The van der Waals surface area contributed by atoms with E-state index < -0.39 is 17.7 Å². The molecule has 2 heterocycles. The Morgan fingerprint density at radius 3 is 2.67 bits per heavy atom. The van der Waals surface area contributed by atoms with Gasteiger partial charge in [0.05, 0.1) is 17.6 Å². The molecule has 1 saturated carbocycles. The van der Waals surface area contributed by atoms with E-state index in [4.69, 9.17) is 9.47 Å². The summed E-state index contributed by atoms with van der Waals surface area (Å²) >= 11 is 0.929. The molecule has 0 radical (unpaired) electrons. The number of hydrogen-bond acceptors (Lipinski definition) is 7. The molecule has 0 aliphatic heterocycles. The minimum absolute atomic E-state index is 0.0748. The summed E-state index contributed by atoms with van der Waals surface area (Å²) in [5.41, 5.74) is 2.05. The number of anilines is 1. The number of ether oxygens (including phenoxy) is 2. The van der Waals surface area contributed by atoms with Gasteiger partial charge in [-0.3, -0.25) is 4.68 Å². The molecule has 1 aliphatic carbocycles. The molecule has 7 nitrogen and oxygen atoms in total. The van der Waals surface area contributed by atoms with Gasteiger partial charge in [0.1, 0.15) is 24.1 Å². The van der Waals surface area contributed by atoms with Gasteiger partial charge < -0.3 is 14.2 Å². The fourth-order valence-corrected chi connectivity index (χ4v) is 5.02. The maximum absolute atomic E-state index is 15.0. The Morgan fingerprint density at radius 1 is 1.06 bits per heavy atom. The second-order valence-electron chi connectivity index (χ2n) is 8.54. The van der Waals surface area contributed by atoms with E-state index in [0.717, 1.165) is 35.3 Å². The van der Waals surface area contributed by atoms with E-state index in [2.05, 4.69) is 19.8 Å². The molecule has 0 spiro atoms. The Balaban J connectivity index is 1.30. The van der Waals surface area contributed by atoms with Crippen molar-refractivity contribution in [2.45, 2.75) is 42.5 Å². The van der Waals surface area contributed by atoms with Crippen LogP contribution in [0.15, 0.2) is 78.2 Å². The lowest BCUT2D eigenvalue weighted by Gasteiger charge is -2.22. The topological polar surface area (TPSA) is 74.1 Å². The molecule has 1 aliphatic rings. The Labute approximate surface area is 212 Å². The van der Waals surface area contributed by atoms with Crippen molar-refractivity contribution in [3.05, 3.63) is 96.2 Å². The van der Waals surface area contributed by atoms with Crippen LogP contribution in [-0.2, 0) is 18.4 Å². The minimum atomic E-state index is -0.638. The Kier molecular flexibility index (Phi) is 7.43. The zero-order valence-corrected chi connectivity index (χ0v) is 20.4. The molecule has 0 saturated heterocycles. The largest absolute Gasteiger partial charge is 0.486 e. The molecular weight excluding hydrogens is 484 g/mol. The monoisotopic (exact) mass is 509 g/mol. The second kappa shape index (κ2) is 11.0. The molecule has 1 fully saturated rings. The summed E-state index contributed by atoms with van der Waals surface area (Å²) in [5.74, 6) is -0.943. The summed E-state index contributed by atoms with van der Waals surface area (Å²) < 4.78 is 46.8. The molecule has 1 N–H and O–H groups in total. The molecule has 1 unspecified atom stereocenters. The third-order valence-electron chi connectivity index (χ3n) is 6.14. The van der Waals surface area contributed by atoms with Crippen molar-refractivity contribution in [3.63, 3.8) is 0 Å². The van der Waals surface area contributed by atoms with Crippen molar-refractivity contribution in [1.82, 2.24) is 19.7 Å². The van der Waals surface area contributed by atoms with Crippen LogP contribution in [0.2, 0.25) is 0 Å². The molecule has 10 heteroatoms. The van der Waals surface area contributed by atoms with Crippen LogP contribution < -0.4 is 9.46 Å². The summed E-state index contributed by atoms with van der Waals surface area (Å²) in [5, 5.41) is 4.28. The number of aromatic nitrogens is 4. The van der Waals surface area contributed by atoms with Gasteiger partial charge in [0, 0.05) is 43.5 Å². The van der Waals surface area contributed by atoms with Gasteiger partial charge in [-0.2, -0.15) is 5.10 Å². The van der Waals surface area contributed by atoms with Crippen LogP contribution in [0.1, 0.15) is 30.0 Å². The number of halogens is 2. The number of benzene rings is 2. The van der Waals surface area contributed by atoms with Crippen LogP contribution in [0.25, 0.3) is 0 Å². The van der Waals surface area contributed by atoms with E-state index in [-0.39, 0.29) is 22.7 Å². The first-order valence-electron chi connectivity index (χ1n) is 11.5. The fourth-order valence-electron chi connectivity index (χ4n) is 4.37. The molecule has 4 aromatic rings. The third-order valence-corrected chi connectivity index (χ3v) is 6.98. The number of nitrogens with zero attached hydrogens (tertiary/aromatic N) is 4.